The first-order chi connectivity index (χ1) is 49.3. The summed E-state index contributed by atoms with van der Waals surface area (Å²) in [6.45, 7) is 0. The fourth-order valence-electron chi connectivity index (χ4n) is 15.6. The summed E-state index contributed by atoms with van der Waals surface area (Å²) in [7, 11) is -1.44. The summed E-state index contributed by atoms with van der Waals surface area (Å²) in [6, 6.07) is 131. The van der Waals surface area contributed by atoms with Crippen molar-refractivity contribution in [3.63, 3.8) is 0 Å². The monoisotopic (exact) mass is 1340 g/mol. The molecule has 0 saturated carbocycles. The summed E-state index contributed by atoms with van der Waals surface area (Å²) < 4.78 is 1.16. The van der Waals surface area contributed by atoms with E-state index in [9.17, 15) is 10.0 Å². The van der Waals surface area contributed by atoms with Crippen LogP contribution in [0.3, 0.4) is 0 Å². The zero-order valence-electron chi connectivity index (χ0n) is 54.5. The Morgan fingerprint density at radius 2 is 0.440 bits per heavy atom. The molecule has 0 aliphatic carbocycles. The standard InChI is InChI=1S/C48H30.C34H21Br.C14H11BO2/c1-2-12-33-27-34(24-21-31(33)11-1)35-25-22-32-23-26-37(29-38(32)28-35)47-42-17-7-9-19-44(42)48(45-20-10-8-18-43(45)47)46-30-36-13-3-4-14-39(36)40-15-5-6-16-41(40)46;35-34-31-11-5-3-9-29(31)33(30-10-4-6-12-32(30)34)27-18-15-23-14-17-26(20-28(23)21-27)25-16-13-22-7-1-2-8-24(22)19-25;16-15(17)14-9-10-5-1-2-6-11(10)12-7-3-4-8-13(12)14/h1-30H;1-21H;1-9,16-17H. The lowest BCUT2D eigenvalue weighted by Gasteiger charge is -2.20. The van der Waals surface area contributed by atoms with Gasteiger partial charge in [0.15, 0.2) is 0 Å². The van der Waals surface area contributed by atoms with E-state index in [0.29, 0.717) is 5.46 Å². The molecule has 0 atom stereocenters. The molecule has 20 aromatic carbocycles. The zero-order chi connectivity index (χ0) is 66.8. The van der Waals surface area contributed by atoms with Crippen LogP contribution in [0, 0.1) is 0 Å². The lowest BCUT2D eigenvalue weighted by atomic mass is 9.76. The van der Waals surface area contributed by atoms with Gasteiger partial charge in [0.05, 0.1) is 0 Å². The lowest BCUT2D eigenvalue weighted by molar-refractivity contribution is 0.426. The van der Waals surface area contributed by atoms with Gasteiger partial charge in [0, 0.05) is 4.47 Å². The second-order valence-corrected chi connectivity index (χ2v) is 26.9. The average Bonchev–Trinajstić information content (AvgIpc) is 0.728. The maximum atomic E-state index is 9.44. The molecule has 0 bridgehead atoms. The van der Waals surface area contributed by atoms with E-state index in [1.54, 1.807) is 0 Å². The molecule has 468 valence electrons. The van der Waals surface area contributed by atoms with E-state index in [2.05, 4.69) is 325 Å². The van der Waals surface area contributed by atoms with Crippen LogP contribution in [0.25, 0.3) is 185 Å². The van der Waals surface area contributed by atoms with Crippen molar-refractivity contribution >= 4 is 158 Å². The minimum absolute atomic E-state index is 0.555. The van der Waals surface area contributed by atoms with Crippen LogP contribution in [0.1, 0.15) is 0 Å². The third-order valence-electron chi connectivity index (χ3n) is 20.3. The van der Waals surface area contributed by atoms with E-state index in [1.165, 1.54) is 163 Å². The maximum Gasteiger partial charge on any atom is 0.489 e. The number of benzene rings is 20. The molecule has 0 aromatic heterocycles. The second-order valence-electron chi connectivity index (χ2n) is 26.1. The molecule has 20 aromatic rings. The van der Waals surface area contributed by atoms with Gasteiger partial charge in [-0.2, -0.15) is 0 Å². The predicted octanol–water partition coefficient (Wildman–Crippen LogP) is 25.7. The quantitative estimate of drug-likeness (QED) is 0.0990. The van der Waals surface area contributed by atoms with Crippen LogP contribution in [0.15, 0.2) is 368 Å². The van der Waals surface area contributed by atoms with Gasteiger partial charge in [-0.3, -0.25) is 0 Å². The van der Waals surface area contributed by atoms with Gasteiger partial charge in [-0.25, -0.2) is 0 Å². The minimum Gasteiger partial charge on any atom is -0.423 e. The molecular formula is C96H62BBrO2. The first kappa shape index (κ1) is 60.4. The van der Waals surface area contributed by atoms with Crippen molar-refractivity contribution in [3.05, 3.63) is 368 Å². The molecule has 0 aliphatic rings. The van der Waals surface area contributed by atoms with Crippen molar-refractivity contribution in [3.8, 4) is 55.6 Å². The first-order valence-electron chi connectivity index (χ1n) is 34.1. The molecule has 4 heteroatoms. The van der Waals surface area contributed by atoms with Gasteiger partial charge in [0.25, 0.3) is 0 Å². The largest absolute Gasteiger partial charge is 0.489 e. The third kappa shape index (κ3) is 10.8. The topological polar surface area (TPSA) is 40.5 Å². The van der Waals surface area contributed by atoms with Crippen LogP contribution in [-0.2, 0) is 0 Å². The van der Waals surface area contributed by atoms with Crippen molar-refractivity contribution < 1.29 is 10.0 Å². The normalized spacial score (nSPS) is 11.6. The van der Waals surface area contributed by atoms with E-state index in [-0.39, 0.29) is 0 Å². The van der Waals surface area contributed by atoms with E-state index in [4.69, 9.17) is 0 Å². The van der Waals surface area contributed by atoms with Gasteiger partial charge < -0.3 is 10.0 Å². The Bertz CT molecular complexity index is 6560. The average molecular weight is 1340 g/mol. The SMILES string of the molecule is Brc1c2ccccc2c(-c2ccc3ccc(-c4ccc5ccccc5c4)cc3c2)c2ccccc12.OB(O)c1cc2ccccc2c2ccccc12.c1ccc2cc(-c3ccc4ccc(-c5c6ccccc6c(-c6cc7ccccc7c7ccccc67)c6ccccc56)cc4c3)ccc2c1. The summed E-state index contributed by atoms with van der Waals surface area (Å²) >= 11 is 3.88. The highest BCUT2D eigenvalue weighted by molar-refractivity contribution is 9.10. The molecule has 0 unspecified atom stereocenters. The van der Waals surface area contributed by atoms with Crippen LogP contribution < -0.4 is 5.46 Å². The van der Waals surface area contributed by atoms with Crippen LogP contribution in [-0.4, -0.2) is 17.2 Å². The Balaban J connectivity index is 0.000000120. The Labute approximate surface area is 587 Å². The molecule has 0 aliphatic heterocycles. The van der Waals surface area contributed by atoms with Gasteiger partial charge in [-0.1, -0.05) is 322 Å². The molecule has 20 rings (SSSR count). The zero-order valence-corrected chi connectivity index (χ0v) is 56.1. The molecular weight excluding hydrogens is 1280 g/mol. The van der Waals surface area contributed by atoms with Gasteiger partial charge in [-0.15, -0.1) is 0 Å². The fourth-order valence-corrected chi connectivity index (χ4v) is 16.3. The molecule has 0 heterocycles. The summed E-state index contributed by atoms with van der Waals surface area (Å²) in [4.78, 5) is 0. The lowest BCUT2D eigenvalue weighted by Crippen LogP contribution is -2.30. The number of halogens is 1. The van der Waals surface area contributed by atoms with Crippen molar-refractivity contribution in [1.82, 2.24) is 0 Å². The van der Waals surface area contributed by atoms with E-state index in [0.717, 1.165) is 26.0 Å². The number of fused-ring (bicyclic) bond motifs is 14. The minimum atomic E-state index is -1.44. The summed E-state index contributed by atoms with van der Waals surface area (Å²) in [5.74, 6) is 0. The molecule has 100 heavy (non-hydrogen) atoms. The van der Waals surface area contributed by atoms with Crippen molar-refractivity contribution in [2.45, 2.75) is 0 Å². The number of rotatable bonds is 6. The van der Waals surface area contributed by atoms with Gasteiger partial charge in [0.2, 0.25) is 0 Å². The first-order valence-corrected chi connectivity index (χ1v) is 34.9. The number of hydrogen-bond donors (Lipinski definition) is 2. The van der Waals surface area contributed by atoms with Crippen LogP contribution in [0.2, 0.25) is 0 Å². The molecule has 2 N–H and O–H groups in total. The van der Waals surface area contributed by atoms with Gasteiger partial charge in [-0.05, 0) is 249 Å². The summed E-state index contributed by atoms with van der Waals surface area (Å²) in [5, 5.41) is 48.3. The van der Waals surface area contributed by atoms with Crippen molar-refractivity contribution in [2.75, 3.05) is 0 Å². The maximum absolute atomic E-state index is 9.44. The van der Waals surface area contributed by atoms with Crippen LogP contribution in [0.5, 0.6) is 0 Å². The molecule has 0 fully saturated rings. The third-order valence-corrected chi connectivity index (χ3v) is 21.2. The smallest absolute Gasteiger partial charge is 0.423 e. The van der Waals surface area contributed by atoms with E-state index >= 15 is 0 Å². The summed E-state index contributed by atoms with van der Waals surface area (Å²) in [5.41, 5.74) is 13.1. The number of hydrogen-bond acceptors (Lipinski definition) is 2. The van der Waals surface area contributed by atoms with E-state index in [1.807, 2.05) is 54.6 Å². The fraction of sp³-hybridized carbons (Fsp3) is 0. The second kappa shape index (κ2) is 25.4. The molecule has 0 spiro atoms. The van der Waals surface area contributed by atoms with Crippen LogP contribution in [0.4, 0.5) is 0 Å². The predicted molar refractivity (Wildman–Crippen MR) is 434 cm³/mol. The Morgan fingerprint density at radius 1 is 0.180 bits per heavy atom. The van der Waals surface area contributed by atoms with Gasteiger partial charge in [0.1, 0.15) is 0 Å². The highest BCUT2D eigenvalue weighted by Crippen LogP contribution is 2.48. The van der Waals surface area contributed by atoms with E-state index < -0.39 is 7.12 Å². The Hall–Kier alpha value is -12.0. The van der Waals surface area contributed by atoms with Crippen LogP contribution >= 0.6 is 15.9 Å². The summed E-state index contributed by atoms with van der Waals surface area (Å²) in [6.07, 6.45) is 0. The molecule has 0 amide bonds. The molecule has 0 saturated heterocycles. The Kier molecular flexibility index (Phi) is 15.4. The molecule has 2 nitrogen and oxygen atoms in total. The molecule has 0 radical (unpaired) electrons. The van der Waals surface area contributed by atoms with Crippen molar-refractivity contribution in [2.24, 2.45) is 0 Å². The highest BCUT2D eigenvalue weighted by atomic mass is 79.9. The van der Waals surface area contributed by atoms with Crippen molar-refractivity contribution in [1.29, 1.82) is 0 Å². The Morgan fingerprint density at radius 3 is 0.850 bits per heavy atom. The highest BCUT2D eigenvalue weighted by Gasteiger charge is 2.21. The van der Waals surface area contributed by atoms with Gasteiger partial charge >= 0.3 is 7.12 Å².